The third kappa shape index (κ3) is 2.56. The first-order valence-corrected chi connectivity index (χ1v) is 6.09. The summed E-state index contributed by atoms with van der Waals surface area (Å²) in [6.07, 6.45) is -2.03. The zero-order valence-corrected chi connectivity index (χ0v) is 10.3. The highest BCUT2D eigenvalue weighted by molar-refractivity contribution is 5.68. The topological polar surface area (TPSA) is 49.5 Å². The second-order valence-electron chi connectivity index (χ2n) is 4.90. The molecule has 1 aliphatic heterocycles. The SMILES string of the molecule is CC1CCN(c2ccc(C(F)F)cc2N)CC1O. The summed E-state index contributed by atoms with van der Waals surface area (Å²) in [5.41, 5.74) is 6.82. The number of hydrogen-bond donors (Lipinski definition) is 2. The summed E-state index contributed by atoms with van der Waals surface area (Å²) in [6.45, 7) is 3.29. The van der Waals surface area contributed by atoms with Crippen LogP contribution < -0.4 is 10.6 Å². The van der Waals surface area contributed by atoms with Crippen LogP contribution in [0.3, 0.4) is 0 Å². The first-order valence-electron chi connectivity index (χ1n) is 6.09. The minimum atomic E-state index is -2.51. The Morgan fingerprint density at radius 2 is 2.17 bits per heavy atom. The fraction of sp³-hybridized carbons (Fsp3) is 0.538. The molecule has 0 saturated carbocycles. The molecule has 2 rings (SSSR count). The first-order chi connectivity index (χ1) is 8.49. The number of aliphatic hydroxyl groups is 1. The second kappa shape index (κ2) is 5.10. The van der Waals surface area contributed by atoms with E-state index < -0.39 is 12.5 Å². The Labute approximate surface area is 105 Å². The summed E-state index contributed by atoms with van der Waals surface area (Å²) in [5, 5.41) is 9.84. The lowest BCUT2D eigenvalue weighted by molar-refractivity contribution is 0.103. The van der Waals surface area contributed by atoms with E-state index in [1.165, 1.54) is 12.1 Å². The van der Waals surface area contributed by atoms with Crippen molar-refractivity contribution in [1.82, 2.24) is 0 Å². The second-order valence-corrected chi connectivity index (χ2v) is 4.90. The number of benzene rings is 1. The number of rotatable bonds is 2. The van der Waals surface area contributed by atoms with Crippen LogP contribution >= 0.6 is 0 Å². The molecule has 0 amide bonds. The van der Waals surface area contributed by atoms with E-state index in [4.69, 9.17) is 5.73 Å². The van der Waals surface area contributed by atoms with Gasteiger partial charge >= 0.3 is 0 Å². The molecule has 0 spiro atoms. The number of nitrogens with zero attached hydrogens (tertiary/aromatic N) is 1. The number of hydrogen-bond acceptors (Lipinski definition) is 3. The van der Waals surface area contributed by atoms with Crippen molar-refractivity contribution >= 4 is 11.4 Å². The minimum Gasteiger partial charge on any atom is -0.397 e. The third-order valence-electron chi connectivity index (χ3n) is 3.56. The normalized spacial score (nSPS) is 24.6. The van der Waals surface area contributed by atoms with Gasteiger partial charge in [-0.25, -0.2) is 8.78 Å². The standard InChI is InChI=1S/C13H18F2N2O/c1-8-4-5-17(7-12(8)18)11-3-2-9(13(14)15)6-10(11)16/h2-3,6,8,12-13,18H,4-5,7,16H2,1H3. The van der Waals surface area contributed by atoms with Crippen molar-refractivity contribution in [3.05, 3.63) is 23.8 Å². The Hall–Kier alpha value is -1.36. The van der Waals surface area contributed by atoms with Gasteiger partial charge in [0.25, 0.3) is 6.43 Å². The van der Waals surface area contributed by atoms with E-state index in [1.54, 1.807) is 6.07 Å². The van der Waals surface area contributed by atoms with Crippen LogP contribution in [0.15, 0.2) is 18.2 Å². The molecule has 1 heterocycles. The van der Waals surface area contributed by atoms with Crippen LogP contribution in [0.1, 0.15) is 25.3 Å². The molecule has 1 aromatic carbocycles. The van der Waals surface area contributed by atoms with Gasteiger partial charge in [0.2, 0.25) is 0 Å². The lowest BCUT2D eigenvalue weighted by Gasteiger charge is -2.36. The highest BCUT2D eigenvalue weighted by atomic mass is 19.3. The summed E-state index contributed by atoms with van der Waals surface area (Å²) >= 11 is 0. The number of aliphatic hydroxyl groups excluding tert-OH is 1. The largest absolute Gasteiger partial charge is 0.397 e. The monoisotopic (exact) mass is 256 g/mol. The van der Waals surface area contributed by atoms with Gasteiger partial charge in [-0.3, -0.25) is 0 Å². The number of nitrogen functional groups attached to an aromatic ring is 1. The summed E-state index contributed by atoms with van der Waals surface area (Å²) in [5.74, 6) is 0.266. The third-order valence-corrected chi connectivity index (χ3v) is 3.56. The molecule has 0 bridgehead atoms. The van der Waals surface area contributed by atoms with Crippen molar-refractivity contribution in [3.8, 4) is 0 Å². The van der Waals surface area contributed by atoms with Gasteiger partial charge in [0.1, 0.15) is 0 Å². The van der Waals surface area contributed by atoms with Gasteiger partial charge in [0.05, 0.1) is 17.5 Å². The number of nitrogens with two attached hydrogens (primary N) is 1. The molecule has 0 radical (unpaired) electrons. The van der Waals surface area contributed by atoms with Crippen LogP contribution in [0.25, 0.3) is 0 Å². The Kier molecular flexibility index (Phi) is 3.71. The smallest absolute Gasteiger partial charge is 0.263 e. The van der Waals surface area contributed by atoms with E-state index in [1.807, 2.05) is 11.8 Å². The van der Waals surface area contributed by atoms with E-state index in [2.05, 4.69) is 0 Å². The molecule has 3 N–H and O–H groups in total. The lowest BCUT2D eigenvalue weighted by atomic mass is 9.95. The van der Waals surface area contributed by atoms with E-state index in [0.717, 1.165) is 18.7 Å². The molecule has 1 aromatic rings. The predicted octanol–water partition coefficient (Wildman–Crippen LogP) is 2.41. The summed E-state index contributed by atoms with van der Waals surface area (Å²) in [6, 6.07) is 4.31. The van der Waals surface area contributed by atoms with Crippen LogP contribution in [0, 0.1) is 5.92 Å². The average molecular weight is 256 g/mol. The molecule has 2 unspecified atom stereocenters. The molecular formula is C13H18F2N2O. The average Bonchev–Trinajstić information content (AvgIpc) is 2.32. The molecule has 1 fully saturated rings. The van der Waals surface area contributed by atoms with Gasteiger partial charge in [-0.1, -0.05) is 13.0 Å². The number of piperidine rings is 1. The van der Waals surface area contributed by atoms with Gasteiger partial charge in [-0.05, 0) is 24.5 Å². The van der Waals surface area contributed by atoms with Crippen LogP contribution in [-0.2, 0) is 0 Å². The quantitative estimate of drug-likeness (QED) is 0.799. The maximum atomic E-state index is 12.5. The number of β-amino-alcohol motifs (C(OH)–C–C–N with tert-alkyl or cyclic N) is 1. The van der Waals surface area contributed by atoms with Crippen molar-refractivity contribution < 1.29 is 13.9 Å². The Morgan fingerprint density at radius 3 is 2.72 bits per heavy atom. The van der Waals surface area contributed by atoms with E-state index >= 15 is 0 Å². The van der Waals surface area contributed by atoms with Crippen LogP contribution in [0.5, 0.6) is 0 Å². The highest BCUT2D eigenvalue weighted by Gasteiger charge is 2.25. The molecule has 5 heteroatoms. The van der Waals surface area contributed by atoms with Crippen molar-refractivity contribution in [3.63, 3.8) is 0 Å². The Bertz CT molecular complexity index is 425. The van der Waals surface area contributed by atoms with Gasteiger partial charge in [-0.15, -0.1) is 0 Å². The van der Waals surface area contributed by atoms with Gasteiger partial charge in [0.15, 0.2) is 0 Å². The fourth-order valence-corrected chi connectivity index (χ4v) is 2.26. The maximum absolute atomic E-state index is 12.5. The molecule has 3 nitrogen and oxygen atoms in total. The zero-order valence-electron chi connectivity index (χ0n) is 10.3. The summed E-state index contributed by atoms with van der Waals surface area (Å²) < 4.78 is 25.1. The number of halogens is 2. The predicted molar refractivity (Wildman–Crippen MR) is 67.8 cm³/mol. The number of anilines is 2. The van der Waals surface area contributed by atoms with Gasteiger partial charge in [0, 0.05) is 18.7 Å². The maximum Gasteiger partial charge on any atom is 0.263 e. The molecule has 1 aliphatic rings. The first kappa shape index (κ1) is 13.1. The van der Waals surface area contributed by atoms with E-state index in [-0.39, 0.29) is 11.5 Å². The van der Waals surface area contributed by atoms with Crippen LogP contribution in [-0.4, -0.2) is 24.3 Å². The van der Waals surface area contributed by atoms with Crippen molar-refractivity contribution in [2.75, 3.05) is 23.7 Å². The van der Waals surface area contributed by atoms with Gasteiger partial charge in [-0.2, -0.15) is 0 Å². The summed E-state index contributed by atoms with van der Waals surface area (Å²) in [7, 11) is 0. The summed E-state index contributed by atoms with van der Waals surface area (Å²) in [4.78, 5) is 1.95. The molecule has 18 heavy (non-hydrogen) atoms. The highest BCUT2D eigenvalue weighted by Crippen LogP contribution is 2.31. The minimum absolute atomic E-state index is 0.0674. The molecule has 0 aromatic heterocycles. The number of alkyl halides is 2. The fourth-order valence-electron chi connectivity index (χ4n) is 2.26. The molecule has 100 valence electrons. The van der Waals surface area contributed by atoms with Crippen LogP contribution in [0.2, 0.25) is 0 Å². The Morgan fingerprint density at radius 1 is 1.44 bits per heavy atom. The molecular weight excluding hydrogens is 238 g/mol. The van der Waals surface area contributed by atoms with E-state index in [0.29, 0.717) is 12.2 Å². The van der Waals surface area contributed by atoms with Crippen molar-refractivity contribution in [2.24, 2.45) is 5.92 Å². The van der Waals surface area contributed by atoms with Gasteiger partial charge < -0.3 is 15.7 Å². The molecule has 1 saturated heterocycles. The van der Waals surface area contributed by atoms with Crippen molar-refractivity contribution in [1.29, 1.82) is 0 Å². The molecule has 2 atom stereocenters. The zero-order chi connectivity index (χ0) is 13.3. The Balaban J connectivity index is 2.19. The van der Waals surface area contributed by atoms with E-state index in [9.17, 15) is 13.9 Å². The molecule has 0 aliphatic carbocycles. The van der Waals surface area contributed by atoms with Crippen molar-refractivity contribution in [2.45, 2.75) is 25.9 Å². The van der Waals surface area contributed by atoms with Crippen LogP contribution in [0.4, 0.5) is 20.2 Å². The lowest BCUT2D eigenvalue weighted by Crippen LogP contribution is -2.43.